The van der Waals surface area contributed by atoms with Crippen LogP contribution in [0.15, 0.2) is 42.5 Å². The molecule has 5 heteroatoms. The van der Waals surface area contributed by atoms with E-state index < -0.39 is 0 Å². The van der Waals surface area contributed by atoms with E-state index in [0.29, 0.717) is 18.9 Å². The molecule has 0 unspecified atom stereocenters. The molecule has 0 spiro atoms. The van der Waals surface area contributed by atoms with E-state index in [-0.39, 0.29) is 24.7 Å². The molecule has 1 aliphatic heterocycles. The lowest BCUT2D eigenvalue weighted by Gasteiger charge is -2.29. The number of carbonyl (C=O) groups is 2. The van der Waals surface area contributed by atoms with Crippen LogP contribution in [0.3, 0.4) is 0 Å². The minimum absolute atomic E-state index is 0.0589. The first kappa shape index (κ1) is 18.0. The summed E-state index contributed by atoms with van der Waals surface area (Å²) in [5.41, 5.74) is 3.78. The lowest BCUT2D eigenvalue weighted by atomic mass is 10.1. The Morgan fingerprint density at radius 2 is 1.92 bits per heavy atom. The quantitative estimate of drug-likeness (QED) is 0.892. The molecule has 2 aromatic rings. The van der Waals surface area contributed by atoms with Gasteiger partial charge in [0.2, 0.25) is 11.8 Å². The highest BCUT2D eigenvalue weighted by molar-refractivity contribution is 5.99. The van der Waals surface area contributed by atoms with Crippen LogP contribution >= 0.6 is 0 Å². The van der Waals surface area contributed by atoms with Gasteiger partial charge in [-0.15, -0.1) is 0 Å². The van der Waals surface area contributed by atoms with Crippen LogP contribution in [-0.4, -0.2) is 25.0 Å². The van der Waals surface area contributed by atoms with E-state index in [1.807, 2.05) is 49.4 Å². The summed E-state index contributed by atoms with van der Waals surface area (Å²) in [6.45, 7) is 5.02. The van der Waals surface area contributed by atoms with Gasteiger partial charge in [0.1, 0.15) is 12.4 Å². The van der Waals surface area contributed by atoms with E-state index in [2.05, 4.69) is 12.2 Å². The maximum Gasteiger partial charge on any atom is 0.227 e. The number of rotatable bonds is 5. The van der Waals surface area contributed by atoms with Crippen molar-refractivity contribution < 1.29 is 14.3 Å². The summed E-state index contributed by atoms with van der Waals surface area (Å²) >= 11 is 0. The number of nitrogens with zero attached hydrogens (tertiary/aromatic N) is 1. The molecule has 0 aromatic heterocycles. The number of ether oxygens (including phenoxy) is 1. The molecule has 0 aliphatic carbocycles. The van der Waals surface area contributed by atoms with Crippen LogP contribution in [0.2, 0.25) is 0 Å². The van der Waals surface area contributed by atoms with E-state index in [4.69, 9.17) is 4.74 Å². The summed E-state index contributed by atoms with van der Waals surface area (Å²) < 4.78 is 5.57. The predicted octanol–water partition coefficient (Wildman–Crippen LogP) is 3.70. The van der Waals surface area contributed by atoms with Gasteiger partial charge >= 0.3 is 0 Å². The van der Waals surface area contributed by atoms with Gasteiger partial charge in [0.05, 0.1) is 12.2 Å². The molecule has 136 valence electrons. The molecule has 0 saturated carbocycles. The van der Waals surface area contributed by atoms with Crippen molar-refractivity contribution in [2.45, 2.75) is 33.1 Å². The van der Waals surface area contributed by atoms with E-state index in [0.717, 1.165) is 28.9 Å². The Balaban J connectivity index is 1.61. The smallest absolute Gasteiger partial charge is 0.227 e. The van der Waals surface area contributed by atoms with Gasteiger partial charge in [-0.3, -0.25) is 9.59 Å². The number of amides is 2. The van der Waals surface area contributed by atoms with Crippen LogP contribution in [-0.2, 0) is 16.0 Å². The maximum absolute atomic E-state index is 12.6. The molecule has 0 fully saturated rings. The minimum Gasteiger partial charge on any atom is -0.490 e. The van der Waals surface area contributed by atoms with Crippen molar-refractivity contribution in [2.75, 3.05) is 23.4 Å². The number of aryl methyl sites for hydroxylation is 2. The van der Waals surface area contributed by atoms with Crippen molar-refractivity contribution >= 4 is 23.2 Å². The summed E-state index contributed by atoms with van der Waals surface area (Å²) in [5.74, 6) is 0.518. The fourth-order valence-electron chi connectivity index (χ4n) is 3.19. The Hall–Kier alpha value is -2.82. The topological polar surface area (TPSA) is 58.6 Å². The van der Waals surface area contributed by atoms with Crippen LogP contribution in [0.5, 0.6) is 5.75 Å². The predicted molar refractivity (Wildman–Crippen MR) is 103 cm³/mol. The normalized spacial score (nSPS) is 12.9. The average molecular weight is 352 g/mol. The van der Waals surface area contributed by atoms with Gasteiger partial charge in [0, 0.05) is 18.5 Å². The molecule has 5 nitrogen and oxygen atoms in total. The van der Waals surface area contributed by atoms with Gasteiger partial charge < -0.3 is 15.0 Å². The third-order valence-electron chi connectivity index (χ3n) is 4.60. The largest absolute Gasteiger partial charge is 0.490 e. The summed E-state index contributed by atoms with van der Waals surface area (Å²) in [5, 5.41) is 2.97. The Bertz CT molecular complexity index is 817. The molecule has 0 saturated heterocycles. The molecule has 1 heterocycles. The number of nitrogens with one attached hydrogen (secondary N) is 1. The van der Waals surface area contributed by atoms with Gasteiger partial charge in [-0.2, -0.15) is 0 Å². The van der Waals surface area contributed by atoms with Crippen molar-refractivity contribution in [3.63, 3.8) is 0 Å². The third-order valence-corrected chi connectivity index (χ3v) is 4.60. The molecule has 1 N–H and O–H groups in total. The Morgan fingerprint density at radius 3 is 2.73 bits per heavy atom. The highest BCUT2D eigenvalue weighted by Crippen LogP contribution is 2.31. The number of fused-ring (bicyclic) bond motifs is 1. The van der Waals surface area contributed by atoms with Gasteiger partial charge in [-0.05, 0) is 36.6 Å². The summed E-state index contributed by atoms with van der Waals surface area (Å²) in [6.07, 6.45) is 1.18. The van der Waals surface area contributed by atoms with E-state index in [1.165, 1.54) is 0 Å². The molecule has 0 bridgehead atoms. The Labute approximate surface area is 154 Å². The van der Waals surface area contributed by atoms with E-state index >= 15 is 0 Å². The zero-order valence-electron chi connectivity index (χ0n) is 15.2. The molecule has 3 rings (SSSR count). The zero-order valence-corrected chi connectivity index (χ0v) is 15.2. The SMILES string of the molecule is CCc1cccc(C)c1NC(=O)CCC(=O)N1CCOc2ccccc21. The van der Waals surface area contributed by atoms with Crippen LogP contribution in [0, 0.1) is 6.92 Å². The molecule has 1 aliphatic rings. The van der Waals surface area contributed by atoms with Crippen molar-refractivity contribution in [2.24, 2.45) is 0 Å². The highest BCUT2D eigenvalue weighted by atomic mass is 16.5. The number of para-hydroxylation sites is 3. The molecule has 0 atom stereocenters. The molecule has 0 radical (unpaired) electrons. The highest BCUT2D eigenvalue weighted by Gasteiger charge is 2.23. The lowest BCUT2D eigenvalue weighted by molar-refractivity contribution is -0.122. The molecule has 2 aromatic carbocycles. The van der Waals surface area contributed by atoms with Gasteiger partial charge in [0.25, 0.3) is 0 Å². The number of benzene rings is 2. The Morgan fingerprint density at radius 1 is 1.12 bits per heavy atom. The first-order chi connectivity index (χ1) is 12.6. The van der Waals surface area contributed by atoms with E-state index in [1.54, 1.807) is 4.90 Å². The lowest BCUT2D eigenvalue weighted by Crippen LogP contribution is -2.38. The number of hydrogen-bond donors (Lipinski definition) is 1. The first-order valence-electron chi connectivity index (χ1n) is 9.00. The number of hydrogen-bond acceptors (Lipinski definition) is 3. The third kappa shape index (κ3) is 3.87. The van der Waals surface area contributed by atoms with Crippen molar-refractivity contribution in [3.05, 3.63) is 53.6 Å². The van der Waals surface area contributed by atoms with Gasteiger partial charge in [0.15, 0.2) is 0 Å². The zero-order chi connectivity index (χ0) is 18.5. The average Bonchev–Trinajstić information content (AvgIpc) is 2.67. The van der Waals surface area contributed by atoms with E-state index in [9.17, 15) is 9.59 Å². The summed E-state index contributed by atoms with van der Waals surface area (Å²) in [4.78, 5) is 26.7. The molecule has 26 heavy (non-hydrogen) atoms. The van der Waals surface area contributed by atoms with Crippen LogP contribution < -0.4 is 15.0 Å². The van der Waals surface area contributed by atoms with Crippen molar-refractivity contribution in [1.82, 2.24) is 0 Å². The van der Waals surface area contributed by atoms with Crippen LogP contribution in [0.4, 0.5) is 11.4 Å². The van der Waals surface area contributed by atoms with Crippen LogP contribution in [0.1, 0.15) is 30.9 Å². The van der Waals surface area contributed by atoms with Crippen LogP contribution in [0.25, 0.3) is 0 Å². The Kier molecular flexibility index (Phi) is 5.56. The number of carbonyl (C=O) groups excluding carboxylic acids is 2. The van der Waals surface area contributed by atoms with Gasteiger partial charge in [-0.25, -0.2) is 0 Å². The molecule has 2 amide bonds. The van der Waals surface area contributed by atoms with Gasteiger partial charge in [-0.1, -0.05) is 37.3 Å². The fourth-order valence-corrected chi connectivity index (χ4v) is 3.19. The second kappa shape index (κ2) is 8.04. The maximum atomic E-state index is 12.6. The molecular weight excluding hydrogens is 328 g/mol. The standard InChI is InChI=1S/C21H24N2O3/c1-3-16-8-6-7-15(2)21(16)22-19(24)11-12-20(25)23-13-14-26-18-10-5-4-9-17(18)23/h4-10H,3,11-14H2,1-2H3,(H,22,24). The second-order valence-electron chi connectivity index (χ2n) is 6.37. The minimum atomic E-state index is -0.135. The fraction of sp³-hybridized carbons (Fsp3) is 0.333. The monoisotopic (exact) mass is 352 g/mol. The summed E-state index contributed by atoms with van der Waals surface area (Å²) in [6, 6.07) is 13.5. The van der Waals surface area contributed by atoms with Crippen molar-refractivity contribution in [3.8, 4) is 5.75 Å². The summed E-state index contributed by atoms with van der Waals surface area (Å²) in [7, 11) is 0. The second-order valence-corrected chi connectivity index (χ2v) is 6.37. The number of anilines is 2. The first-order valence-corrected chi connectivity index (χ1v) is 9.00. The van der Waals surface area contributed by atoms with Crippen molar-refractivity contribution in [1.29, 1.82) is 0 Å². The molecular formula is C21H24N2O3.